The lowest BCUT2D eigenvalue weighted by Crippen LogP contribution is -2.44. The Balaban J connectivity index is 3.91. The van der Waals surface area contributed by atoms with E-state index in [2.05, 4.69) is 31.0 Å². The summed E-state index contributed by atoms with van der Waals surface area (Å²) in [7, 11) is 1.89. The molecule has 80 valence electrons. The third-order valence-electron chi connectivity index (χ3n) is 2.32. The molecule has 1 unspecified atom stereocenters. The van der Waals surface area contributed by atoms with Crippen LogP contribution in [0.2, 0.25) is 0 Å². The fourth-order valence-electron chi connectivity index (χ4n) is 1.37. The van der Waals surface area contributed by atoms with Gasteiger partial charge in [0.05, 0.1) is 6.61 Å². The number of nitrogens with one attached hydrogen (secondary N) is 1. The van der Waals surface area contributed by atoms with Crippen molar-refractivity contribution >= 4 is 0 Å². The smallest absolute Gasteiger partial charge is 0.0597 e. The number of likely N-dealkylation sites (N-methyl/N-ethyl adjacent to an activating group) is 1. The van der Waals surface area contributed by atoms with Crippen LogP contribution in [0.4, 0.5) is 0 Å². The number of hydrogen-bond donors (Lipinski definition) is 2. The van der Waals surface area contributed by atoms with E-state index in [-0.39, 0.29) is 12.6 Å². The molecule has 0 spiro atoms. The molecule has 0 rings (SSSR count). The predicted octanol–water partition coefficient (Wildman–Crippen LogP) is 0.687. The average Bonchev–Trinajstić information content (AvgIpc) is 2.11. The molecule has 0 aromatic rings. The first kappa shape index (κ1) is 12.9. The van der Waals surface area contributed by atoms with Gasteiger partial charge in [0.1, 0.15) is 0 Å². The first-order valence-electron chi connectivity index (χ1n) is 5.17. The summed E-state index contributed by atoms with van der Waals surface area (Å²) in [6, 6.07) is 0.760. The van der Waals surface area contributed by atoms with Crippen molar-refractivity contribution in [1.82, 2.24) is 10.2 Å². The zero-order valence-electron chi connectivity index (χ0n) is 9.38. The number of aliphatic hydroxyl groups excluding tert-OH is 1. The SMILES string of the molecule is CCCN(CC(CO)NC)C(C)C. The summed E-state index contributed by atoms with van der Waals surface area (Å²) in [4.78, 5) is 2.39. The van der Waals surface area contributed by atoms with Crippen LogP contribution in [-0.2, 0) is 0 Å². The fourth-order valence-corrected chi connectivity index (χ4v) is 1.37. The standard InChI is InChI=1S/C10H24N2O/c1-5-6-12(9(2)3)7-10(8-13)11-4/h9-11,13H,5-8H2,1-4H3. The summed E-state index contributed by atoms with van der Waals surface area (Å²) in [5, 5.41) is 12.1. The van der Waals surface area contributed by atoms with Crippen LogP contribution < -0.4 is 5.32 Å². The third-order valence-corrected chi connectivity index (χ3v) is 2.32. The first-order valence-corrected chi connectivity index (χ1v) is 5.17. The van der Waals surface area contributed by atoms with Gasteiger partial charge in [-0.3, -0.25) is 4.90 Å². The minimum atomic E-state index is 0.203. The molecule has 0 heterocycles. The molecule has 0 bridgehead atoms. The quantitative estimate of drug-likeness (QED) is 0.617. The van der Waals surface area contributed by atoms with Crippen LogP contribution in [-0.4, -0.2) is 48.8 Å². The van der Waals surface area contributed by atoms with E-state index in [4.69, 9.17) is 5.11 Å². The topological polar surface area (TPSA) is 35.5 Å². The van der Waals surface area contributed by atoms with Crippen molar-refractivity contribution in [3.8, 4) is 0 Å². The first-order chi connectivity index (χ1) is 6.15. The fraction of sp³-hybridized carbons (Fsp3) is 1.00. The van der Waals surface area contributed by atoms with Gasteiger partial charge in [-0.25, -0.2) is 0 Å². The van der Waals surface area contributed by atoms with Crippen LogP contribution >= 0.6 is 0 Å². The van der Waals surface area contributed by atoms with Gasteiger partial charge in [-0.1, -0.05) is 6.92 Å². The largest absolute Gasteiger partial charge is 0.395 e. The highest BCUT2D eigenvalue weighted by Gasteiger charge is 2.13. The molecule has 0 aliphatic carbocycles. The summed E-state index contributed by atoms with van der Waals surface area (Å²) >= 11 is 0. The van der Waals surface area contributed by atoms with E-state index in [1.807, 2.05) is 7.05 Å². The Labute approximate surface area is 82.1 Å². The van der Waals surface area contributed by atoms with Crippen molar-refractivity contribution in [2.75, 3.05) is 26.7 Å². The molecular formula is C10H24N2O. The summed E-state index contributed by atoms with van der Waals surface area (Å²) in [5.74, 6) is 0. The molecule has 0 amide bonds. The van der Waals surface area contributed by atoms with Gasteiger partial charge in [0.25, 0.3) is 0 Å². The summed E-state index contributed by atoms with van der Waals surface area (Å²) in [6.45, 7) is 8.82. The zero-order chi connectivity index (χ0) is 10.3. The lowest BCUT2D eigenvalue weighted by molar-refractivity contribution is 0.161. The second-order valence-corrected chi connectivity index (χ2v) is 3.76. The number of hydrogen-bond acceptors (Lipinski definition) is 3. The van der Waals surface area contributed by atoms with E-state index in [0.717, 1.165) is 13.1 Å². The molecule has 0 aliphatic rings. The number of aliphatic hydroxyl groups is 1. The van der Waals surface area contributed by atoms with Gasteiger partial charge >= 0.3 is 0 Å². The van der Waals surface area contributed by atoms with Crippen molar-refractivity contribution in [3.63, 3.8) is 0 Å². The Bertz CT molecular complexity index is 113. The molecule has 3 nitrogen and oxygen atoms in total. The van der Waals surface area contributed by atoms with E-state index >= 15 is 0 Å². The van der Waals surface area contributed by atoms with Crippen molar-refractivity contribution in [3.05, 3.63) is 0 Å². The molecule has 13 heavy (non-hydrogen) atoms. The van der Waals surface area contributed by atoms with E-state index in [0.29, 0.717) is 6.04 Å². The lowest BCUT2D eigenvalue weighted by Gasteiger charge is -2.29. The van der Waals surface area contributed by atoms with E-state index in [9.17, 15) is 0 Å². The van der Waals surface area contributed by atoms with Gasteiger partial charge in [0.15, 0.2) is 0 Å². The number of nitrogens with zero attached hydrogens (tertiary/aromatic N) is 1. The highest BCUT2D eigenvalue weighted by molar-refractivity contribution is 4.71. The van der Waals surface area contributed by atoms with E-state index in [1.54, 1.807) is 0 Å². The maximum atomic E-state index is 9.04. The van der Waals surface area contributed by atoms with Crippen LogP contribution in [0.5, 0.6) is 0 Å². The maximum absolute atomic E-state index is 9.04. The van der Waals surface area contributed by atoms with Gasteiger partial charge in [-0.2, -0.15) is 0 Å². The molecule has 3 heteroatoms. The van der Waals surface area contributed by atoms with Gasteiger partial charge in [0, 0.05) is 18.6 Å². The minimum absolute atomic E-state index is 0.203. The highest BCUT2D eigenvalue weighted by atomic mass is 16.3. The highest BCUT2D eigenvalue weighted by Crippen LogP contribution is 2.01. The predicted molar refractivity (Wildman–Crippen MR) is 56.9 cm³/mol. The molecular weight excluding hydrogens is 164 g/mol. The second-order valence-electron chi connectivity index (χ2n) is 3.76. The minimum Gasteiger partial charge on any atom is -0.395 e. The molecule has 0 radical (unpaired) electrons. The Kier molecular flexibility index (Phi) is 7.23. The van der Waals surface area contributed by atoms with Crippen LogP contribution in [0.25, 0.3) is 0 Å². The Hall–Kier alpha value is -0.120. The zero-order valence-corrected chi connectivity index (χ0v) is 9.38. The maximum Gasteiger partial charge on any atom is 0.0597 e. The summed E-state index contributed by atoms with van der Waals surface area (Å²) < 4.78 is 0. The van der Waals surface area contributed by atoms with Crippen molar-refractivity contribution in [2.45, 2.75) is 39.3 Å². The van der Waals surface area contributed by atoms with Crippen LogP contribution in [0.1, 0.15) is 27.2 Å². The summed E-state index contributed by atoms with van der Waals surface area (Å²) in [6.07, 6.45) is 1.17. The van der Waals surface area contributed by atoms with Crippen molar-refractivity contribution < 1.29 is 5.11 Å². The second kappa shape index (κ2) is 7.30. The monoisotopic (exact) mass is 188 g/mol. The summed E-state index contributed by atoms with van der Waals surface area (Å²) in [5.41, 5.74) is 0. The van der Waals surface area contributed by atoms with Crippen LogP contribution in [0.3, 0.4) is 0 Å². The lowest BCUT2D eigenvalue weighted by atomic mass is 10.2. The van der Waals surface area contributed by atoms with Gasteiger partial charge in [-0.15, -0.1) is 0 Å². The van der Waals surface area contributed by atoms with E-state index < -0.39 is 0 Å². The molecule has 0 aromatic heterocycles. The molecule has 0 aromatic carbocycles. The van der Waals surface area contributed by atoms with Crippen LogP contribution in [0.15, 0.2) is 0 Å². The van der Waals surface area contributed by atoms with Gasteiger partial charge in [0.2, 0.25) is 0 Å². The van der Waals surface area contributed by atoms with Crippen molar-refractivity contribution in [2.24, 2.45) is 0 Å². The molecule has 0 saturated carbocycles. The van der Waals surface area contributed by atoms with Crippen molar-refractivity contribution in [1.29, 1.82) is 0 Å². The molecule has 1 atom stereocenters. The van der Waals surface area contributed by atoms with Gasteiger partial charge in [-0.05, 0) is 33.9 Å². The molecule has 0 saturated heterocycles. The Morgan fingerprint density at radius 1 is 1.38 bits per heavy atom. The Morgan fingerprint density at radius 3 is 2.31 bits per heavy atom. The molecule has 0 fully saturated rings. The van der Waals surface area contributed by atoms with Gasteiger partial charge < -0.3 is 10.4 Å². The number of rotatable bonds is 7. The normalized spacial score (nSPS) is 14.1. The average molecular weight is 188 g/mol. The van der Waals surface area contributed by atoms with E-state index in [1.165, 1.54) is 6.42 Å². The molecule has 0 aliphatic heterocycles. The van der Waals surface area contributed by atoms with Crippen LogP contribution in [0, 0.1) is 0 Å². The third kappa shape index (κ3) is 5.24. The Morgan fingerprint density at radius 2 is 2.00 bits per heavy atom. The molecule has 2 N–H and O–H groups in total.